The molecule has 1 rings (SSSR count). The number of thiazole rings is 1. The summed E-state index contributed by atoms with van der Waals surface area (Å²) in [6, 6.07) is 0. The number of rotatable bonds is 2. The molecule has 0 saturated heterocycles. The molecule has 0 bridgehead atoms. The summed E-state index contributed by atoms with van der Waals surface area (Å²) >= 11 is 5.22. The van der Waals surface area contributed by atoms with Crippen molar-refractivity contribution in [3.8, 4) is 0 Å². The first kappa shape index (κ1) is 8.21. The Bertz CT molecular complexity index is 219. The van der Waals surface area contributed by atoms with Crippen LogP contribution in [0.15, 0.2) is 0 Å². The van der Waals surface area contributed by atoms with Crippen LogP contribution < -0.4 is 0 Å². The van der Waals surface area contributed by atoms with Gasteiger partial charge in [-0.1, -0.05) is 22.9 Å². The Morgan fingerprint density at radius 2 is 2.30 bits per heavy atom. The summed E-state index contributed by atoms with van der Waals surface area (Å²) in [6.45, 7) is 4.20. The zero-order valence-electron chi connectivity index (χ0n) is 6.15. The average molecular weight is 220 g/mol. The van der Waals surface area contributed by atoms with Crippen molar-refractivity contribution >= 4 is 27.3 Å². The summed E-state index contributed by atoms with van der Waals surface area (Å²) in [7, 11) is 0. The molecule has 0 unspecified atom stereocenters. The first-order valence-electron chi connectivity index (χ1n) is 3.29. The molecule has 0 aliphatic heterocycles. The number of hydrogen-bond donors (Lipinski definition) is 0. The van der Waals surface area contributed by atoms with Crippen molar-refractivity contribution < 1.29 is 0 Å². The van der Waals surface area contributed by atoms with Crippen LogP contribution in [0.1, 0.15) is 22.5 Å². The number of aryl methyl sites for hydroxylation is 2. The van der Waals surface area contributed by atoms with Crippen molar-refractivity contribution in [1.82, 2.24) is 4.98 Å². The van der Waals surface area contributed by atoms with Crippen LogP contribution in [0.5, 0.6) is 0 Å². The molecule has 0 atom stereocenters. The van der Waals surface area contributed by atoms with E-state index in [0.29, 0.717) is 0 Å². The van der Waals surface area contributed by atoms with Crippen molar-refractivity contribution in [2.45, 2.75) is 25.6 Å². The first-order chi connectivity index (χ1) is 4.77. The lowest BCUT2D eigenvalue weighted by atomic mass is 10.4. The van der Waals surface area contributed by atoms with E-state index < -0.39 is 0 Å². The lowest BCUT2D eigenvalue weighted by Gasteiger charge is -1.84. The average Bonchev–Trinajstić information content (AvgIpc) is 2.30. The van der Waals surface area contributed by atoms with Gasteiger partial charge in [-0.15, -0.1) is 11.3 Å². The van der Waals surface area contributed by atoms with Crippen LogP contribution in [-0.2, 0) is 11.8 Å². The highest BCUT2D eigenvalue weighted by atomic mass is 79.9. The van der Waals surface area contributed by atoms with Gasteiger partial charge < -0.3 is 0 Å². The molecular formula is C7H10BrNS. The van der Waals surface area contributed by atoms with Gasteiger partial charge in [-0.05, 0) is 13.3 Å². The van der Waals surface area contributed by atoms with Gasteiger partial charge in [0.25, 0.3) is 0 Å². The van der Waals surface area contributed by atoms with E-state index in [9.17, 15) is 0 Å². The summed E-state index contributed by atoms with van der Waals surface area (Å²) in [6.07, 6.45) is 1.05. The van der Waals surface area contributed by atoms with E-state index in [-0.39, 0.29) is 0 Å². The smallest absolute Gasteiger partial charge is 0.0928 e. The third kappa shape index (κ3) is 1.58. The SMILES string of the molecule is CCc1nc(C)c(CBr)s1. The van der Waals surface area contributed by atoms with Crippen LogP contribution in [0.4, 0.5) is 0 Å². The van der Waals surface area contributed by atoms with E-state index in [0.717, 1.165) is 11.8 Å². The normalized spacial score (nSPS) is 10.3. The van der Waals surface area contributed by atoms with Crippen LogP contribution in [0, 0.1) is 6.92 Å². The Labute approximate surface area is 73.6 Å². The molecule has 0 amide bonds. The quantitative estimate of drug-likeness (QED) is 0.698. The van der Waals surface area contributed by atoms with Gasteiger partial charge in [0.1, 0.15) is 0 Å². The van der Waals surface area contributed by atoms with Crippen molar-refractivity contribution in [2.24, 2.45) is 0 Å². The molecule has 1 aromatic rings. The predicted molar refractivity (Wildman–Crippen MR) is 48.9 cm³/mol. The minimum absolute atomic E-state index is 0.941. The molecule has 3 heteroatoms. The lowest BCUT2D eigenvalue weighted by Crippen LogP contribution is -1.77. The molecule has 1 heterocycles. The lowest BCUT2D eigenvalue weighted by molar-refractivity contribution is 1.06. The second kappa shape index (κ2) is 3.49. The monoisotopic (exact) mass is 219 g/mol. The van der Waals surface area contributed by atoms with E-state index in [4.69, 9.17) is 0 Å². The van der Waals surface area contributed by atoms with Crippen LogP contribution in [0.25, 0.3) is 0 Å². The fourth-order valence-electron chi connectivity index (χ4n) is 0.763. The Balaban J connectivity index is 2.92. The third-order valence-corrected chi connectivity index (χ3v) is 3.59. The summed E-state index contributed by atoms with van der Waals surface area (Å²) in [5.74, 6) is 0. The number of nitrogens with zero attached hydrogens (tertiary/aromatic N) is 1. The zero-order valence-corrected chi connectivity index (χ0v) is 8.55. The van der Waals surface area contributed by atoms with E-state index >= 15 is 0 Å². The first-order valence-corrected chi connectivity index (χ1v) is 5.22. The van der Waals surface area contributed by atoms with Crippen molar-refractivity contribution in [1.29, 1.82) is 0 Å². The van der Waals surface area contributed by atoms with Crippen molar-refractivity contribution in [2.75, 3.05) is 0 Å². The molecule has 0 fully saturated rings. The molecule has 0 spiro atoms. The highest BCUT2D eigenvalue weighted by Crippen LogP contribution is 2.20. The molecule has 56 valence electrons. The summed E-state index contributed by atoms with van der Waals surface area (Å²) in [5, 5.41) is 2.18. The topological polar surface area (TPSA) is 12.9 Å². The molecule has 0 aromatic carbocycles. The van der Waals surface area contributed by atoms with Gasteiger partial charge in [0.05, 0.1) is 10.7 Å². The van der Waals surface area contributed by atoms with E-state index in [1.54, 1.807) is 11.3 Å². The Hall–Kier alpha value is 0.110. The molecule has 0 aliphatic carbocycles. The summed E-state index contributed by atoms with van der Waals surface area (Å²) in [4.78, 5) is 5.75. The van der Waals surface area contributed by atoms with Crippen LogP contribution in [-0.4, -0.2) is 4.98 Å². The molecule has 10 heavy (non-hydrogen) atoms. The minimum Gasteiger partial charge on any atom is -0.246 e. The second-order valence-corrected chi connectivity index (χ2v) is 3.83. The van der Waals surface area contributed by atoms with E-state index in [2.05, 4.69) is 34.8 Å². The van der Waals surface area contributed by atoms with E-state index in [1.807, 2.05) is 0 Å². The maximum Gasteiger partial charge on any atom is 0.0928 e. The van der Waals surface area contributed by atoms with Gasteiger partial charge in [-0.25, -0.2) is 4.98 Å². The highest BCUT2D eigenvalue weighted by molar-refractivity contribution is 9.08. The second-order valence-electron chi connectivity index (χ2n) is 2.10. The Morgan fingerprint density at radius 1 is 1.60 bits per heavy atom. The maximum atomic E-state index is 4.39. The largest absolute Gasteiger partial charge is 0.246 e. The molecule has 0 aliphatic rings. The fourth-order valence-corrected chi connectivity index (χ4v) is 2.37. The summed E-state index contributed by atoms with van der Waals surface area (Å²) in [5.41, 5.74) is 1.18. The maximum absolute atomic E-state index is 4.39. The molecule has 0 saturated carbocycles. The minimum atomic E-state index is 0.941. The zero-order chi connectivity index (χ0) is 7.56. The highest BCUT2D eigenvalue weighted by Gasteiger charge is 2.02. The van der Waals surface area contributed by atoms with Crippen molar-refractivity contribution in [3.63, 3.8) is 0 Å². The van der Waals surface area contributed by atoms with Gasteiger partial charge in [-0.2, -0.15) is 0 Å². The Kier molecular flexibility index (Phi) is 2.86. The number of alkyl halides is 1. The van der Waals surface area contributed by atoms with Gasteiger partial charge >= 0.3 is 0 Å². The number of aromatic nitrogens is 1. The molecule has 1 aromatic heterocycles. The van der Waals surface area contributed by atoms with Gasteiger partial charge in [-0.3, -0.25) is 0 Å². The van der Waals surface area contributed by atoms with Crippen LogP contribution in [0.3, 0.4) is 0 Å². The summed E-state index contributed by atoms with van der Waals surface area (Å²) < 4.78 is 0. The molecule has 0 N–H and O–H groups in total. The number of hydrogen-bond acceptors (Lipinski definition) is 2. The number of halogens is 1. The van der Waals surface area contributed by atoms with Crippen LogP contribution in [0.2, 0.25) is 0 Å². The van der Waals surface area contributed by atoms with Gasteiger partial charge in [0.2, 0.25) is 0 Å². The fraction of sp³-hybridized carbons (Fsp3) is 0.571. The van der Waals surface area contributed by atoms with Gasteiger partial charge in [0, 0.05) is 10.2 Å². The predicted octanol–water partition coefficient (Wildman–Crippen LogP) is 2.91. The van der Waals surface area contributed by atoms with Gasteiger partial charge in [0.15, 0.2) is 0 Å². The standard InChI is InChI=1S/C7H10BrNS/c1-3-7-9-5(2)6(4-8)10-7/h3-4H2,1-2H3. The Morgan fingerprint density at radius 3 is 2.60 bits per heavy atom. The molecular weight excluding hydrogens is 210 g/mol. The third-order valence-electron chi connectivity index (χ3n) is 1.36. The van der Waals surface area contributed by atoms with Crippen molar-refractivity contribution in [3.05, 3.63) is 15.6 Å². The van der Waals surface area contributed by atoms with E-state index in [1.165, 1.54) is 15.6 Å². The van der Waals surface area contributed by atoms with Crippen LogP contribution >= 0.6 is 27.3 Å². The molecule has 1 nitrogen and oxygen atoms in total. The molecule has 0 radical (unpaired) electrons.